The standard InChI is InChI=1S/C13H26N2O/c1-4-6-13(7-8-13)10-15-12(16)9-11(3)14-5-2/h11,14H,4-10H2,1-3H3,(H,15,16). The van der Waals surface area contributed by atoms with Gasteiger partial charge in [-0.15, -0.1) is 0 Å². The fourth-order valence-corrected chi connectivity index (χ4v) is 2.28. The monoisotopic (exact) mass is 226 g/mol. The van der Waals surface area contributed by atoms with Gasteiger partial charge in [0.2, 0.25) is 5.91 Å². The molecule has 1 rings (SSSR count). The van der Waals surface area contributed by atoms with Crippen molar-refractivity contribution in [2.24, 2.45) is 5.41 Å². The number of amides is 1. The molecule has 0 aromatic carbocycles. The molecule has 1 fully saturated rings. The number of nitrogens with one attached hydrogen (secondary N) is 2. The van der Waals surface area contributed by atoms with E-state index in [-0.39, 0.29) is 11.9 Å². The van der Waals surface area contributed by atoms with E-state index >= 15 is 0 Å². The molecule has 0 aromatic heterocycles. The van der Waals surface area contributed by atoms with Crippen molar-refractivity contribution in [3.8, 4) is 0 Å². The van der Waals surface area contributed by atoms with Gasteiger partial charge in [-0.05, 0) is 38.1 Å². The first kappa shape index (κ1) is 13.5. The summed E-state index contributed by atoms with van der Waals surface area (Å²) in [4.78, 5) is 11.7. The molecule has 0 bridgehead atoms. The van der Waals surface area contributed by atoms with Crippen LogP contribution in [0.3, 0.4) is 0 Å². The average Bonchev–Trinajstić information content (AvgIpc) is 2.97. The van der Waals surface area contributed by atoms with Crippen molar-refractivity contribution in [2.75, 3.05) is 13.1 Å². The van der Waals surface area contributed by atoms with Gasteiger partial charge >= 0.3 is 0 Å². The van der Waals surface area contributed by atoms with Crippen LogP contribution in [0, 0.1) is 5.41 Å². The van der Waals surface area contributed by atoms with Gasteiger partial charge in [-0.25, -0.2) is 0 Å². The van der Waals surface area contributed by atoms with Gasteiger partial charge in [-0.3, -0.25) is 4.79 Å². The number of hydrogen-bond acceptors (Lipinski definition) is 2. The summed E-state index contributed by atoms with van der Waals surface area (Å²) in [6.07, 6.45) is 5.67. The van der Waals surface area contributed by atoms with Crippen molar-refractivity contribution in [3.05, 3.63) is 0 Å². The Hall–Kier alpha value is -0.570. The van der Waals surface area contributed by atoms with Crippen LogP contribution in [-0.4, -0.2) is 25.0 Å². The Morgan fingerprint density at radius 3 is 2.56 bits per heavy atom. The van der Waals surface area contributed by atoms with Gasteiger partial charge in [-0.1, -0.05) is 20.3 Å². The maximum Gasteiger partial charge on any atom is 0.221 e. The zero-order chi connectivity index (χ0) is 12.0. The lowest BCUT2D eigenvalue weighted by molar-refractivity contribution is -0.121. The van der Waals surface area contributed by atoms with E-state index in [1.807, 2.05) is 0 Å². The fourth-order valence-electron chi connectivity index (χ4n) is 2.28. The van der Waals surface area contributed by atoms with E-state index in [0.717, 1.165) is 13.1 Å². The van der Waals surface area contributed by atoms with E-state index in [9.17, 15) is 4.79 Å². The van der Waals surface area contributed by atoms with E-state index in [1.165, 1.54) is 25.7 Å². The number of carbonyl (C=O) groups excluding carboxylic acids is 1. The van der Waals surface area contributed by atoms with Gasteiger partial charge in [-0.2, -0.15) is 0 Å². The SMILES string of the molecule is CCCC1(CNC(=O)CC(C)NCC)CC1. The minimum Gasteiger partial charge on any atom is -0.355 e. The lowest BCUT2D eigenvalue weighted by Crippen LogP contribution is -2.36. The lowest BCUT2D eigenvalue weighted by atomic mass is 10.0. The molecule has 16 heavy (non-hydrogen) atoms. The zero-order valence-electron chi connectivity index (χ0n) is 10.9. The first-order valence-electron chi connectivity index (χ1n) is 6.62. The molecule has 2 N–H and O–H groups in total. The number of carbonyl (C=O) groups is 1. The summed E-state index contributed by atoms with van der Waals surface area (Å²) < 4.78 is 0. The highest BCUT2D eigenvalue weighted by Crippen LogP contribution is 2.48. The van der Waals surface area contributed by atoms with Crippen LogP contribution in [0.15, 0.2) is 0 Å². The van der Waals surface area contributed by atoms with Crippen LogP contribution in [-0.2, 0) is 4.79 Å². The molecule has 94 valence electrons. The molecule has 1 aliphatic carbocycles. The summed E-state index contributed by atoms with van der Waals surface area (Å²) in [5.41, 5.74) is 0.464. The maximum atomic E-state index is 11.7. The summed E-state index contributed by atoms with van der Waals surface area (Å²) in [5, 5.41) is 6.33. The van der Waals surface area contributed by atoms with Gasteiger partial charge in [0.25, 0.3) is 0 Å². The summed E-state index contributed by atoms with van der Waals surface area (Å²) >= 11 is 0. The van der Waals surface area contributed by atoms with Gasteiger partial charge in [0.15, 0.2) is 0 Å². The summed E-state index contributed by atoms with van der Waals surface area (Å²) in [6, 6.07) is 0.284. The molecule has 1 saturated carbocycles. The molecule has 1 atom stereocenters. The van der Waals surface area contributed by atoms with Crippen molar-refractivity contribution < 1.29 is 4.79 Å². The third-order valence-electron chi connectivity index (χ3n) is 3.44. The Morgan fingerprint density at radius 1 is 1.38 bits per heavy atom. The van der Waals surface area contributed by atoms with Crippen molar-refractivity contribution in [1.29, 1.82) is 0 Å². The first-order valence-corrected chi connectivity index (χ1v) is 6.62. The van der Waals surface area contributed by atoms with Crippen molar-refractivity contribution in [3.63, 3.8) is 0 Å². The number of hydrogen-bond donors (Lipinski definition) is 2. The first-order chi connectivity index (χ1) is 7.62. The van der Waals surface area contributed by atoms with Crippen LogP contribution in [0.2, 0.25) is 0 Å². The zero-order valence-corrected chi connectivity index (χ0v) is 10.9. The molecular formula is C13H26N2O. The molecular weight excluding hydrogens is 200 g/mol. The third-order valence-corrected chi connectivity index (χ3v) is 3.44. The van der Waals surface area contributed by atoms with Crippen molar-refractivity contribution >= 4 is 5.91 Å². The molecule has 0 radical (unpaired) electrons. The van der Waals surface area contributed by atoms with Crippen LogP contribution < -0.4 is 10.6 Å². The van der Waals surface area contributed by atoms with Crippen LogP contribution in [0.1, 0.15) is 52.9 Å². The second-order valence-electron chi connectivity index (χ2n) is 5.19. The van der Waals surface area contributed by atoms with Crippen LogP contribution in [0.25, 0.3) is 0 Å². The Morgan fingerprint density at radius 2 is 2.06 bits per heavy atom. The highest BCUT2D eigenvalue weighted by molar-refractivity contribution is 5.76. The van der Waals surface area contributed by atoms with E-state index in [4.69, 9.17) is 0 Å². The normalized spacial score (nSPS) is 19.2. The minimum absolute atomic E-state index is 0.191. The van der Waals surface area contributed by atoms with Gasteiger partial charge in [0.1, 0.15) is 0 Å². The van der Waals surface area contributed by atoms with Gasteiger partial charge in [0, 0.05) is 19.0 Å². The Kier molecular flexibility index (Phi) is 5.26. The van der Waals surface area contributed by atoms with E-state index < -0.39 is 0 Å². The molecule has 1 amide bonds. The Labute approximate surface area is 99.4 Å². The van der Waals surface area contributed by atoms with Gasteiger partial charge in [0.05, 0.1) is 0 Å². The number of rotatable bonds is 8. The molecule has 0 aromatic rings. The predicted molar refractivity (Wildman–Crippen MR) is 67.3 cm³/mol. The second-order valence-corrected chi connectivity index (χ2v) is 5.19. The summed E-state index contributed by atoms with van der Waals surface area (Å²) in [5.74, 6) is 0.191. The topological polar surface area (TPSA) is 41.1 Å². The Bertz CT molecular complexity index is 224. The van der Waals surface area contributed by atoms with E-state index in [0.29, 0.717) is 11.8 Å². The molecule has 1 unspecified atom stereocenters. The third kappa shape index (κ3) is 4.52. The predicted octanol–water partition coefficient (Wildman–Crippen LogP) is 2.07. The average molecular weight is 226 g/mol. The second kappa shape index (κ2) is 6.24. The molecule has 0 aliphatic heterocycles. The molecule has 0 saturated heterocycles. The van der Waals surface area contributed by atoms with Crippen LogP contribution in [0.4, 0.5) is 0 Å². The van der Waals surface area contributed by atoms with E-state index in [2.05, 4.69) is 31.4 Å². The molecule has 1 aliphatic rings. The maximum absolute atomic E-state index is 11.7. The van der Waals surface area contributed by atoms with Crippen molar-refractivity contribution in [2.45, 2.75) is 58.9 Å². The van der Waals surface area contributed by atoms with Crippen LogP contribution in [0.5, 0.6) is 0 Å². The molecule has 0 heterocycles. The fraction of sp³-hybridized carbons (Fsp3) is 0.923. The van der Waals surface area contributed by atoms with Crippen LogP contribution >= 0.6 is 0 Å². The van der Waals surface area contributed by atoms with Crippen molar-refractivity contribution in [1.82, 2.24) is 10.6 Å². The van der Waals surface area contributed by atoms with Gasteiger partial charge < -0.3 is 10.6 Å². The largest absolute Gasteiger partial charge is 0.355 e. The molecule has 0 spiro atoms. The quantitative estimate of drug-likeness (QED) is 0.665. The Balaban J connectivity index is 2.15. The summed E-state index contributed by atoms with van der Waals surface area (Å²) in [7, 11) is 0. The molecule has 3 nitrogen and oxygen atoms in total. The summed E-state index contributed by atoms with van der Waals surface area (Å²) in [6.45, 7) is 8.15. The highest BCUT2D eigenvalue weighted by Gasteiger charge is 2.41. The smallest absolute Gasteiger partial charge is 0.221 e. The lowest BCUT2D eigenvalue weighted by Gasteiger charge is -2.16. The van der Waals surface area contributed by atoms with E-state index in [1.54, 1.807) is 0 Å². The molecule has 3 heteroatoms. The highest BCUT2D eigenvalue weighted by atomic mass is 16.1. The minimum atomic E-state index is 0.191.